The third-order valence-electron chi connectivity index (χ3n) is 4.97. The van der Waals surface area contributed by atoms with Crippen molar-refractivity contribution in [1.29, 1.82) is 0 Å². The Bertz CT molecular complexity index is 675. The summed E-state index contributed by atoms with van der Waals surface area (Å²) in [6, 6.07) is 20.9. The van der Waals surface area contributed by atoms with Crippen LogP contribution in [0.4, 0.5) is 0 Å². The molecule has 26 heavy (non-hydrogen) atoms. The van der Waals surface area contributed by atoms with E-state index in [1.54, 1.807) is 0 Å². The predicted octanol–water partition coefficient (Wildman–Crippen LogP) is 3.80. The molecule has 0 spiro atoms. The van der Waals surface area contributed by atoms with E-state index in [4.69, 9.17) is 4.74 Å². The van der Waals surface area contributed by atoms with E-state index in [1.165, 1.54) is 5.56 Å². The molecule has 3 rings (SSSR count). The Balaban J connectivity index is 1.35. The van der Waals surface area contributed by atoms with E-state index in [0.29, 0.717) is 19.1 Å². The molecular formula is C22H28N2O2. The van der Waals surface area contributed by atoms with Crippen LogP contribution in [0.25, 0.3) is 0 Å². The molecule has 2 aromatic rings. The molecule has 0 aromatic heterocycles. The van der Waals surface area contributed by atoms with Crippen LogP contribution in [0.5, 0.6) is 5.75 Å². The average Bonchev–Trinajstić information content (AvgIpc) is 3.14. The van der Waals surface area contributed by atoms with E-state index in [-0.39, 0.29) is 11.9 Å². The van der Waals surface area contributed by atoms with Gasteiger partial charge in [-0.25, -0.2) is 0 Å². The van der Waals surface area contributed by atoms with Gasteiger partial charge in [0.05, 0.1) is 6.61 Å². The summed E-state index contributed by atoms with van der Waals surface area (Å²) in [4.78, 5) is 14.6. The molecule has 1 amide bonds. The smallest absolute Gasteiger partial charge is 0.220 e. The number of nitrogens with one attached hydrogen (secondary N) is 1. The van der Waals surface area contributed by atoms with E-state index < -0.39 is 0 Å². The highest BCUT2D eigenvalue weighted by Crippen LogP contribution is 2.24. The van der Waals surface area contributed by atoms with Gasteiger partial charge in [0.2, 0.25) is 5.91 Å². The third-order valence-corrected chi connectivity index (χ3v) is 4.97. The number of para-hydroxylation sites is 1. The first-order chi connectivity index (χ1) is 12.7. The minimum absolute atomic E-state index is 0.126. The Labute approximate surface area is 156 Å². The molecule has 1 aliphatic rings. The highest BCUT2D eigenvalue weighted by Gasteiger charge is 2.27. The zero-order valence-corrected chi connectivity index (χ0v) is 15.4. The van der Waals surface area contributed by atoms with Crippen molar-refractivity contribution >= 4 is 5.91 Å². The number of likely N-dealkylation sites (tertiary alicyclic amines) is 1. The second-order valence-corrected chi connectivity index (χ2v) is 6.90. The SMILES string of the molecule is CC(c1ccccc1)N1CCC(NC(=O)CCCOc2ccccc2)C1. The van der Waals surface area contributed by atoms with Crippen LogP contribution in [0.2, 0.25) is 0 Å². The standard InChI is InChI=1S/C22H28N2O2/c1-18(19-9-4-2-5-10-19)24-15-14-20(17-24)23-22(25)13-8-16-26-21-11-6-3-7-12-21/h2-7,9-12,18,20H,8,13-17H2,1H3,(H,23,25). The summed E-state index contributed by atoms with van der Waals surface area (Å²) in [6.07, 6.45) is 2.26. The summed E-state index contributed by atoms with van der Waals surface area (Å²) >= 11 is 0. The number of benzene rings is 2. The topological polar surface area (TPSA) is 41.6 Å². The van der Waals surface area contributed by atoms with Crippen molar-refractivity contribution in [2.75, 3.05) is 19.7 Å². The number of carbonyl (C=O) groups excluding carboxylic acids is 1. The van der Waals surface area contributed by atoms with Crippen molar-refractivity contribution in [2.24, 2.45) is 0 Å². The van der Waals surface area contributed by atoms with Crippen LogP contribution < -0.4 is 10.1 Å². The number of ether oxygens (including phenoxy) is 1. The van der Waals surface area contributed by atoms with Gasteiger partial charge in [-0.2, -0.15) is 0 Å². The van der Waals surface area contributed by atoms with Gasteiger partial charge in [-0.3, -0.25) is 9.69 Å². The van der Waals surface area contributed by atoms with Crippen molar-refractivity contribution < 1.29 is 9.53 Å². The van der Waals surface area contributed by atoms with Crippen molar-refractivity contribution in [3.8, 4) is 5.75 Å². The van der Waals surface area contributed by atoms with Crippen molar-refractivity contribution in [3.05, 3.63) is 66.2 Å². The number of nitrogens with zero attached hydrogens (tertiary/aromatic N) is 1. The molecule has 2 unspecified atom stereocenters. The zero-order chi connectivity index (χ0) is 18.2. The summed E-state index contributed by atoms with van der Waals surface area (Å²) < 4.78 is 5.64. The highest BCUT2D eigenvalue weighted by molar-refractivity contribution is 5.76. The molecule has 4 heteroatoms. The molecule has 1 aliphatic heterocycles. The van der Waals surface area contributed by atoms with Gasteiger partial charge in [0.1, 0.15) is 5.75 Å². The molecule has 1 N–H and O–H groups in total. The molecular weight excluding hydrogens is 324 g/mol. The Morgan fingerprint density at radius 3 is 2.58 bits per heavy atom. The fraction of sp³-hybridized carbons (Fsp3) is 0.409. The van der Waals surface area contributed by atoms with Gasteiger partial charge in [-0.1, -0.05) is 48.5 Å². The lowest BCUT2D eigenvalue weighted by atomic mass is 10.1. The molecule has 2 atom stereocenters. The van der Waals surface area contributed by atoms with E-state index >= 15 is 0 Å². The molecule has 0 bridgehead atoms. The van der Waals surface area contributed by atoms with Crippen molar-refractivity contribution in [1.82, 2.24) is 10.2 Å². The molecule has 138 valence electrons. The Hall–Kier alpha value is -2.33. The van der Waals surface area contributed by atoms with Gasteiger partial charge >= 0.3 is 0 Å². The van der Waals surface area contributed by atoms with Crippen LogP contribution >= 0.6 is 0 Å². The molecule has 1 heterocycles. The molecule has 0 radical (unpaired) electrons. The maximum absolute atomic E-state index is 12.2. The van der Waals surface area contributed by atoms with Crippen molar-refractivity contribution in [3.63, 3.8) is 0 Å². The lowest BCUT2D eigenvalue weighted by Crippen LogP contribution is -2.37. The summed E-state index contributed by atoms with van der Waals surface area (Å²) in [5.74, 6) is 0.982. The molecule has 0 saturated carbocycles. The second kappa shape index (κ2) is 9.39. The van der Waals surface area contributed by atoms with Gasteiger partial charge < -0.3 is 10.1 Å². The number of amides is 1. The summed E-state index contributed by atoms with van der Waals surface area (Å²) in [6.45, 7) is 4.75. The fourth-order valence-corrected chi connectivity index (χ4v) is 3.44. The summed E-state index contributed by atoms with van der Waals surface area (Å²) in [5, 5.41) is 3.18. The first-order valence-corrected chi connectivity index (χ1v) is 9.48. The normalized spacial score (nSPS) is 18.4. The van der Waals surface area contributed by atoms with E-state index in [2.05, 4.69) is 41.4 Å². The van der Waals surface area contributed by atoms with E-state index in [1.807, 2.05) is 36.4 Å². The molecule has 1 saturated heterocycles. The Morgan fingerprint density at radius 1 is 1.15 bits per heavy atom. The van der Waals surface area contributed by atoms with Crippen molar-refractivity contribution in [2.45, 2.75) is 38.3 Å². The minimum atomic E-state index is 0.126. The van der Waals surface area contributed by atoms with Gasteiger partial charge in [-0.05, 0) is 37.5 Å². The van der Waals surface area contributed by atoms with Gasteiger partial charge in [-0.15, -0.1) is 0 Å². The highest BCUT2D eigenvalue weighted by atomic mass is 16.5. The molecule has 4 nitrogen and oxygen atoms in total. The third kappa shape index (κ3) is 5.33. The van der Waals surface area contributed by atoms with E-state index in [9.17, 15) is 4.79 Å². The van der Waals surface area contributed by atoms with Gasteiger partial charge in [0, 0.05) is 31.6 Å². The molecule has 1 fully saturated rings. The minimum Gasteiger partial charge on any atom is -0.494 e. The monoisotopic (exact) mass is 352 g/mol. The largest absolute Gasteiger partial charge is 0.494 e. The van der Waals surface area contributed by atoms with Crippen LogP contribution in [0, 0.1) is 0 Å². The second-order valence-electron chi connectivity index (χ2n) is 6.90. The first kappa shape index (κ1) is 18.5. The van der Waals surface area contributed by atoms with Crippen LogP contribution in [-0.4, -0.2) is 36.5 Å². The number of hydrogen-bond acceptors (Lipinski definition) is 3. The lowest BCUT2D eigenvalue weighted by Gasteiger charge is -2.24. The van der Waals surface area contributed by atoms with Gasteiger partial charge in [0.25, 0.3) is 0 Å². The quantitative estimate of drug-likeness (QED) is 0.735. The Morgan fingerprint density at radius 2 is 1.85 bits per heavy atom. The summed E-state index contributed by atoms with van der Waals surface area (Å²) in [7, 11) is 0. The van der Waals surface area contributed by atoms with Crippen LogP contribution in [0.15, 0.2) is 60.7 Å². The molecule has 2 aromatic carbocycles. The lowest BCUT2D eigenvalue weighted by molar-refractivity contribution is -0.121. The van der Waals surface area contributed by atoms with Gasteiger partial charge in [0.15, 0.2) is 0 Å². The summed E-state index contributed by atoms with van der Waals surface area (Å²) in [5.41, 5.74) is 1.33. The number of carbonyl (C=O) groups is 1. The first-order valence-electron chi connectivity index (χ1n) is 9.48. The van der Waals surface area contributed by atoms with E-state index in [0.717, 1.165) is 31.7 Å². The maximum Gasteiger partial charge on any atom is 0.220 e. The average molecular weight is 352 g/mol. The Kier molecular flexibility index (Phi) is 6.67. The maximum atomic E-state index is 12.2. The predicted molar refractivity (Wildman–Crippen MR) is 104 cm³/mol. The fourth-order valence-electron chi connectivity index (χ4n) is 3.44. The van der Waals surface area contributed by atoms with Crippen LogP contribution in [0.3, 0.4) is 0 Å². The van der Waals surface area contributed by atoms with Crippen LogP contribution in [0.1, 0.15) is 37.8 Å². The number of hydrogen-bond donors (Lipinski definition) is 1. The number of rotatable bonds is 8. The van der Waals surface area contributed by atoms with Crippen LogP contribution in [-0.2, 0) is 4.79 Å². The molecule has 0 aliphatic carbocycles. The zero-order valence-electron chi connectivity index (χ0n) is 15.4.